The third kappa shape index (κ3) is 3.32. The molecule has 1 aromatic carbocycles. The monoisotopic (exact) mass is 263 g/mol. The van der Waals surface area contributed by atoms with E-state index in [1.165, 1.54) is 0 Å². The molecule has 1 saturated carbocycles. The normalized spacial score (nSPS) is 20.9. The maximum absolute atomic E-state index is 11.9. The Hall–Kier alpha value is -1.88. The topological polar surface area (TPSA) is 75.6 Å². The van der Waals surface area contributed by atoms with Crippen LogP contribution in [0, 0.1) is 11.8 Å². The number of benzene rings is 1. The van der Waals surface area contributed by atoms with Crippen molar-refractivity contribution in [2.75, 3.05) is 11.9 Å². The van der Waals surface area contributed by atoms with Gasteiger partial charge in [0.15, 0.2) is 0 Å². The van der Waals surface area contributed by atoms with Gasteiger partial charge in [0.2, 0.25) is 5.91 Å². The third-order valence-electron chi connectivity index (χ3n) is 3.18. The molecule has 0 spiro atoms. The fraction of sp³-hybridized carbons (Fsp3) is 0.429. The Morgan fingerprint density at radius 1 is 1.37 bits per heavy atom. The van der Waals surface area contributed by atoms with E-state index in [-0.39, 0.29) is 5.91 Å². The van der Waals surface area contributed by atoms with Crippen molar-refractivity contribution in [3.63, 3.8) is 0 Å². The highest BCUT2D eigenvalue weighted by molar-refractivity contribution is 5.98. The number of carboxylic acids is 1. The molecule has 0 radical (unpaired) electrons. The van der Waals surface area contributed by atoms with Crippen LogP contribution in [-0.4, -0.2) is 23.6 Å². The number of nitrogens with one attached hydrogen (secondary N) is 1. The minimum absolute atomic E-state index is 0.226. The lowest BCUT2D eigenvalue weighted by Gasteiger charge is -2.10. The van der Waals surface area contributed by atoms with Crippen LogP contribution in [0.15, 0.2) is 24.3 Å². The lowest BCUT2D eigenvalue weighted by Crippen LogP contribution is -2.17. The Morgan fingerprint density at radius 3 is 2.74 bits per heavy atom. The van der Waals surface area contributed by atoms with Crippen molar-refractivity contribution >= 4 is 17.6 Å². The molecule has 5 nitrogen and oxygen atoms in total. The molecule has 1 fully saturated rings. The summed E-state index contributed by atoms with van der Waals surface area (Å²) in [5, 5.41) is 11.6. The number of carbonyl (C=O) groups excluding carboxylic acids is 1. The van der Waals surface area contributed by atoms with Gasteiger partial charge < -0.3 is 15.2 Å². The quantitative estimate of drug-likeness (QED) is 0.821. The van der Waals surface area contributed by atoms with E-state index in [1.54, 1.807) is 6.07 Å². The molecule has 1 aromatic rings. The Bertz CT molecular complexity index is 486. The van der Waals surface area contributed by atoms with E-state index in [0.717, 1.165) is 5.56 Å². The van der Waals surface area contributed by atoms with E-state index < -0.39 is 17.8 Å². The maximum Gasteiger partial charge on any atom is 0.307 e. The number of ether oxygens (including phenoxy) is 1. The minimum atomic E-state index is -0.900. The van der Waals surface area contributed by atoms with Crippen LogP contribution < -0.4 is 5.32 Å². The molecule has 0 saturated heterocycles. The van der Waals surface area contributed by atoms with E-state index in [4.69, 9.17) is 9.84 Å². The number of rotatable bonds is 6. The standard InChI is InChI=1S/C14H17NO4/c1-2-19-8-9-5-3-4-6-12(9)15-13(16)10-7-11(10)14(17)18/h3-6,10-11H,2,7-8H2,1H3,(H,15,16)(H,17,18). The van der Waals surface area contributed by atoms with Crippen LogP contribution in [-0.2, 0) is 20.9 Å². The first-order chi connectivity index (χ1) is 9.13. The molecule has 2 unspecified atom stereocenters. The van der Waals surface area contributed by atoms with Crippen molar-refractivity contribution in [2.45, 2.75) is 20.0 Å². The summed E-state index contributed by atoms with van der Waals surface area (Å²) in [7, 11) is 0. The number of carbonyl (C=O) groups is 2. The van der Waals surface area contributed by atoms with Gasteiger partial charge in [0.1, 0.15) is 0 Å². The number of para-hydroxylation sites is 1. The molecule has 2 rings (SSSR count). The van der Waals surface area contributed by atoms with Crippen LogP contribution >= 0.6 is 0 Å². The summed E-state index contributed by atoms with van der Waals surface area (Å²) in [6, 6.07) is 7.38. The molecule has 5 heteroatoms. The lowest BCUT2D eigenvalue weighted by molar-refractivity contribution is -0.139. The average Bonchev–Trinajstić information content (AvgIpc) is 3.18. The summed E-state index contributed by atoms with van der Waals surface area (Å²) in [6.45, 7) is 2.94. The van der Waals surface area contributed by atoms with Crippen LogP contribution in [0.4, 0.5) is 5.69 Å². The Morgan fingerprint density at radius 2 is 2.11 bits per heavy atom. The molecular formula is C14H17NO4. The first kappa shape index (κ1) is 13.5. The predicted molar refractivity (Wildman–Crippen MR) is 69.6 cm³/mol. The Kier molecular flexibility index (Phi) is 4.16. The Labute approximate surface area is 111 Å². The predicted octanol–water partition coefficient (Wildman–Crippen LogP) is 1.88. The van der Waals surface area contributed by atoms with Gasteiger partial charge in [0.25, 0.3) is 0 Å². The molecule has 1 aliphatic rings. The third-order valence-corrected chi connectivity index (χ3v) is 3.18. The maximum atomic E-state index is 11.9. The highest BCUT2D eigenvalue weighted by Gasteiger charge is 2.48. The average molecular weight is 263 g/mol. The number of hydrogen-bond donors (Lipinski definition) is 2. The smallest absolute Gasteiger partial charge is 0.307 e. The van der Waals surface area contributed by atoms with Gasteiger partial charge >= 0.3 is 5.97 Å². The van der Waals surface area contributed by atoms with E-state index >= 15 is 0 Å². The van der Waals surface area contributed by atoms with Crippen LogP contribution in [0.2, 0.25) is 0 Å². The van der Waals surface area contributed by atoms with Crippen molar-refractivity contribution in [2.24, 2.45) is 11.8 Å². The van der Waals surface area contributed by atoms with Gasteiger partial charge in [-0.3, -0.25) is 9.59 Å². The van der Waals surface area contributed by atoms with Crippen molar-refractivity contribution in [3.05, 3.63) is 29.8 Å². The molecule has 0 aliphatic heterocycles. The molecule has 1 aliphatic carbocycles. The van der Waals surface area contributed by atoms with Crippen molar-refractivity contribution in [3.8, 4) is 0 Å². The molecule has 1 amide bonds. The van der Waals surface area contributed by atoms with Crippen LogP contribution in [0.5, 0.6) is 0 Å². The van der Waals surface area contributed by atoms with Crippen LogP contribution in [0.3, 0.4) is 0 Å². The van der Waals surface area contributed by atoms with Gasteiger partial charge in [-0.05, 0) is 19.4 Å². The fourth-order valence-electron chi connectivity index (χ4n) is 1.96. The summed E-state index contributed by atoms with van der Waals surface area (Å²) < 4.78 is 5.33. The zero-order chi connectivity index (χ0) is 13.8. The second-order valence-electron chi connectivity index (χ2n) is 4.57. The largest absolute Gasteiger partial charge is 0.481 e. The number of amides is 1. The summed E-state index contributed by atoms with van der Waals surface area (Å²) in [5.74, 6) is -2.06. The molecule has 19 heavy (non-hydrogen) atoms. The number of aliphatic carboxylic acids is 1. The first-order valence-electron chi connectivity index (χ1n) is 6.32. The molecule has 0 aromatic heterocycles. The second kappa shape index (κ2) is 5.84. The number of carboxylic acid groups (broad SMARTS) is 1. The summed E-state index contributed by atoms with van der Waals surface area (Å²) >= 11 is 0. The van der Waals surface area contributed by atoms with Crippen molar-refractivity contribution < 1.29 is 19.4 Å². The Balaban J connectivity index is 1.99. The van der Waals surface area contributed by atoms with Gasteiger partial charge in [-0.2, -0.15) is 0 Å². The molecular weight excluding hydrogens is 246 g/mol. The second-order valence-corrected chi connectivity index (χ2v) is 4.57. The van der Waals surface area contributed by atoms with E-state index in [2.05, 4.69) is 5.32 Å². The summed E-state index contributed by atoms with van der Waals surface area (Å²) in [5.41, 5.74) is 1.59. The molecule has 0 bridgehead atoms. The zero-order valence-electron chi connectivity index (χ0n) is 10.8. The van der Waals surface area contributed by atoms with Crippen molar-refractivity contribution in [1.29, 1.82) is 0 Å². The minimum Gasteiger partial charge on any atom is -0.481 e. The van der Waals surface area contributed by atoms with Gasteiger partial charge in [-0.15, -0.1) is 0 Å². The number of anilines is 1. The van der Waals surface area contributed by atoms with E-state index in [0.29, 0.717) is 25.3 Å². The first-order valence-corrected chi connectivity index (χ1v) is 6.32. The van der Waals surface area contributed by atoms with E-state index in [1.807, 2.05) is 25.1 Å². The lowest BCUT2D eigenvalue weighted by atomic mass is 10.2. The van der Waals surface area contributed by atoms with E-state index in [9.17, 15) is 9.59 Å². The summed E-state index contributed by atoms with van der Waals surface area (Å²) in [6.07, 6.45) is 0.425. The van der Waals surface area contributed by atoms with Gasteiger partial charge in [0.05, 0.1) is 18.4 Å². The molecule has 0 heterocycles. The van der Waals surface area contributed by atoms with Crippen LogP contribution in [0.1, 0.15) is 18.9 Å². The zero-order valence-corrected chi connectivity index (χ0v) is 10.8. The molecule has 2 atom stereocenters. The van der Waals surface area contributed by atoms with Gasteiger partial charge in [0, 0.05) is 17.9 Å². The number of hydrogen-bond acceptors (Lipinski definition) is 3. The van der Waals surface area contributed by atoms with Crippen molar-refractivity contribution in [1.82, 2.24) is 0 Å². The fourth-order valence-corrected chi connectivity index (χ4v) is 1.96. The highest BCUT2D eigenvalue weighted by Crippen LogP contribution is 2.39. The molecule has 2 N–H and O–H groups in total. The highest BCUT2D eigenvalue weighted by atomic mass is 16.5. The SMILES string of the molecule is CCOCc1ccccc1NC(=O)C1CC1C(=O)O. The summed E-state index contributed by atoms with van der Waals surface area (Å²) in [4.78, 5) is 22.6. The van der Waals surface area contributed by atoms with Gasteiger partial charge in [-0.25, -0.2) is 0 Å². The van der Waals surface area contributed by atoms with Crippen LogP contribution in [0.25, 0.3) is 0 Å². The van der Waals surface area contributed by atoms with Gasteiger partial charge in [-0.1, -0.05) is 18.2 Å². The molecule has 102 valence electrons.